The Hall–Kier alpha value is -1.30. The maximum Gasteiger partial charge on any atom is 0.304 e. The molecule has 17 heavy (non-hydrogen) atoms. The Balaban J connectivity index is 3.40. The fourth-order valence-electron chi connectivity index (χ4n) is 1.68. The highest BCUT2D eigenvalue weighted by Gasteiger charge is 2.31. The Labute approximate surface area is 106 Å². The van der Waals surface area contributed by atoms with Gasteiger partial charge in [0.1, 0.15) is 5.82 Å². The third-order valence-corrected chi connectivity index (χ3v) is 3.21. The predicted molar refractivity (Wildman–Crippen MR) is 62.7 cm³/mol. The van der Waals surface area contributed by atoms with Gasteiger partial charge in [0.05, 0.1) is 10.9 Å². The first-order valence-electron chi connectivity index (χ1n) is 4.79. The SMILES string of the molecule is CC(C)(CC(=O)O)c1c(F)cc(O)c(O)c1Br. The molecule has 0 aliphatic carbocycles. The highest BCUT2D eigenvalue weighted by Crippen LogP contribution is 2.43. The molecule has 0 amide bonds. The van der Waals surface area contributed by atoms with Crippen LogP contribution in [-0.2, 0) is 10.2 Å². The van der Waals surface area contributed by atoms with Crippen LogP contribution in [0.5, 0.6) is 11.5 Å². The second-order valence-electron chi connectivity index (χ2n) is 4.37. The van der Waals surface area contributed by atoms with Gasteiger partial charge < -0.3 is 15.3 Å². The summed E-state index contributed by atoms with van der Waals surface area (Å²) in [4.78, 5) is 10.7. The molecular weight excluding hydrogens is 295 g/mol. The molecule has 0 saturated heterocycles. The molecule has 0 aromatic heterocycles. The van der Waals surface area contributed by atoms with Crippen LogP contribution < -0.4 is 0 Å². The first kappa shape index (κ1) is 13.8. The molecule has 6 heteroatoms. The molecule has 1 aromatic rings. The number of carboxylic acid groups (broad SMARTS) is 1. The third kappa shape index (κ3) is 2.69. The summed E-state index contributed by atoms with van der Waals surface area (Å²) in [6, 6.07) is 0.763. The van der Waals surface area contributed by atoms with Crippen molar-refractivity contribution in [2.24, 2.45) is 0 Å². The van der Waals surface area contributed by atoms with Crippen molar-refractivity contribution in [1.29, 1.82) is 0 Å². The number of phenolic OH excluding ortho intramolecular Hbond substituents is 2. The maximum absolute atomic E-state index is 13.7. The summed E-state index contributed by atoms with van der Waals surface area (Å²) in [5.74, 6) is -2.93. The van der Waals surface area contributed by atoms with Crippen LogP contribution in [0, 0.1) is 5.82 Å². The van der Waals surface area contributed by atoms with Gasteiger partial charge in [-0.25, -0.2) is 4.39 Å². The van der Waals surface area contributed by atoms with Crippen molar-refractivity contribution in [2.45, 2.75) is 25.7 Å². The van der Waals surface area contributed by atoms with Crippen molar-refractivity contribution in [1.82, 2.24) is 0 Å². The Morgan fingerprint density at radius 2 is 2.00 bits per heavy atom. The molecule has 0 radical (unpaired) electrons. The summed E-state index contributed by atoms with van der Waals surface area (Å²) in [6.45, 7) is 3.08. The topological polar surface area (TPSA) is 77.8 Å². The third-order valence-electron chi connectivity index (χ3n) is 2.44. The van der Waals surface area contributed by atoms with Crippen molar-refractivity contribution >= 4 is 21.9 Å². The highest BCUT2D eigenvalue weighted by atomic mass is 79.9. The van der Waals surface area contributed by atoms with Crippen molar-refractivity contribution < 1.29 is 24.5 Å². The van der Waals surface area contributed by atoms with Gasteiger partial charge in [-0.2, -0.15) is 0 Å². The average molecular weight is 307 g/mol. The van der Waals surface area contributed by atoms with Crippen molar-refractivity contribution in [3.8, 4) is 11.5 Å². The lowest BCUT2D eigenvalue weighted by atomic mass is 9.81. The zero-order chi connectivity index (χ0) is 13.4. The second kappa shape index (κ2) is 4.52. The van der Waals surface area contributed by atoms with E-state index in [0.29, 0.717) is 0 Å². The minimum atomic E-state index is -1.08. The molecule has 1 aromatic carbocycles. The Kier molecular flexibility index (Phi) is 3.66. The van der Waals surface area contributed by atoms with Crippen LogP contribution in [0.1, 0.15) is 25.8 Å². The first-order chi connectivity index (χ1) is 7.66. The van der Waals surface area contributed by atoms with Crippen molar-refractivity contribution in [3.63, 3.8) is 0 Å². The zero-order valence-corrected chi connectivity index (χ0v) is 10.9. The lowest BCUT2D eigenvalue weighted by Gasteiger charge is -2.25. The largest absolute Gasteiger partial charge is 0.504 e. The molecule has 3 N–H and O–H groups in total. The molecule has 0 unspecified atom stereocenters. The number of halogens is 2. The summed E-state index contributed by atoms with van der Waals surface area (Å²) >= 11 is 2.96. The molecule has 1 rings (SSSR count). The van der Waals surface area contributed by atoms with Crippen molar-refractivity contribution in [3.05, 3.63) is 21.9 Å². The molecule has 0 aliphatic heterocycles. The highest BCUT2D eigenvalue weighted by molar-refractivity contribution is 9.10. The van der Waals surface area contributed by atoms with Gasteiger partial charge in [0.15, 0.2) is 11.5 Å². The van der Waals surface area contributed by atoms with Crippen molar-refractivity contribution in [2.75, 3.05) is 0 Å². The van der Waals surface area contributed by atoms with Crippen LogP contribution in [0.3, 0.4) is 0 Å². The molecule has 0 aliphatic rings. The number of hydrogen-bond acceptors (Lipinski definition) is 3. The number of aromatic hydroxyl groups is 2. The van der Waals surface area contributed by atoms with E-state index in [1.165, 1.54) is 0 Å². The molecule has 0 fully saturated rings. The van der Waals surface area contributed by atoms with Gasteiger partial charge in [-0.1, -0.05) is 13.8 Å². The summed E-state index contributed by atoms with van der Waals surface area (Å²) in [6.07, 6.45) is -0.299. The monoisotopic (exact) mass is 306 g/mol. The molecule has 0 atom stereocenters. The molecule has 0 bridgehead atoms. The Morgan fingerprint density at radius 3 is 2.47 bits per heavy atom. The smallest absolute Gasteiger partial charge is 0.304 e. The van der Waals surface area contributed by atoms with Gasteiger partial charge in [0.2, 0.25) is 0 Å². The minimum Gasteiger partial charge on any atom is -0.504 e. The summed E-state index contributed by atoms with van der Waals surface area (Å²) in [5.41, 5.74) is -0.991. The van der Waals surface area contributed by atoms with E-state index in [-0.39, 0.29) is 16.5 Å². The fourth-order valence-corrected chi connectivity index (χ4v) is 2.61. The van der Waals surface area contributed by atoms with E-state index in [4.69, 9.17) is 5.11 Å². The van der Waals surface area contributed by atoms with Gasteiger partial charge in [-0.15, -0.1) is 0 Å². The number of aliphatic carboxylic acids is 1. The van der Waals surface area contributed by atoms with Crippen LogP contribution in [0.15, 0.2) is 10.5 Å². The van der Waals surface area contributed by atoms with Gasteiger partial charge in [0.25, 0.3) is 0 Å². The van der Waals surface area contributed by atoms with E-state index in [9.17, 15) is 19.4 Å². The van der Waals surface area contributed by atoms with E-state index in [0.717, 1.165) is 6.07 Å². The predicted octanol–water partition coefficient (Wildman–Crippen LogP) is 2.75. The summed E-state index contributed by atoms with van der Waals surface area (Å²) in [7, 11) is 0. The van der Waals surface area contributed by atoms with E-state index in [1.54, 1.807) is 13.8 Å². The molecule has 0 saturated carbocycles. The first-order valence-corrected chi connectivity index (χ1v) is 5.58. The maximum atomic E-state index is 13.7. The van der Waals surface area contributed by atoms with E-state index in [1.807, 2.05) is 0 Å². The summed E-state index contributed by atoms with van der Waals surface area (Å²) in [5, 5.41) is 27.5. The lowest BCUT2D eigenvalue weighted by Crippen LogP contribution is -2.23. The molecule has 4 nitrogen and oxygen atoms in total. The average Bonchev–Trinajstić information content (AvgIpc) is 2.11. The van der Waals surface area contributed by atoms with Crippen LogP contribution in [0.25, 0.3) is 0 Å². The number of hydrogen-bond donors (Lipinski definition) is 3. The fraction of sp³-hybridized carbons (Fsp3) is 0.364. The van der Waals surface area contributed by atoms with E-state index in [2.05, 4.69) is 15.9 Å². The number of phenols is 2. The Morgan fingerprint density at radius 1 is 1.47 bits per heavy atom. The number of carbonyl (C=O) groups is 1. The molecule has 0 spiro atoms. The molecule has 94 valence electrons. The van der Waals surface area contributed by atoms with Crippen LogP contribution in [-0.4, -0.2) is 21.3 Å². The van der Waals surface area contributed by atoms with Crippen LogP contribution >= 0.6 is 15.9 Å². The normalized spacial score (nSPS) is 11.5. The zero-order valence-electron chi connectivity index (χ0n) is 9.29. The van der Waals surface area contributed by atoms with Crippen LogP contribution in [0.4, 0.5) is 4.39 Å². The standard InChI is InChI=1S/C11H12BrFO4/c1-11(2,4-7(15)16)8-5(13)3-6(14)10(17)9(8)12/h3,14,17H,4H2,1-2H3,(H,15,16). The quantitative estimate of drug-likeness (QED) is 0.750. The van der Waals surface area contributed by atoms with E-state index >= 15 is 0 Å². The molecular formula is C11H12BrFO4. The number of rotatable bonds is 3. The van der Waals surface area contributed by atoms with Gasteiger partial charge in [0, 0.05) is 17.0 Å². The van der Waals surface area contributed by atoms with Crippen LogP contribution in [0.2, 0.25) is 0 Å². The number of benzene rings is 1. The van der Waals surface area contributed by atoms with Gasteiger partial charge >= 0.3 is 5.97 Å². The van der Waals surface area contributed by atoms with Gasteiger partial charge in [-0.3, -0.25) is 4.79 Å². The molecule has 0 heterocycles. The van der Waals surface area contributed by atoms with Gasteiger partial charge in [-0.05, 0) is 15.9 Å². The number of carboxylic acids is 1. The van der Waals surface area contributed by atoms with E-state index < -0.39 is 28.7 Å². The lowest BCUT2D eigenvalue weighted by molar-refractivity contribution is -0.138. The Bertz CT molecular complexity index is 471. The minimum absolute atomic E-state index is 0.0233. The summed E-state index contributed by atoms with van der Waals surface area (Å²) < 4.78 is 13.7. The second-order valence-corrected chi connectivity index (χ2v) is 5.16.